The maximum atomic E-state index is 10.9. The maximum Gasteiger partial charge on any atom is 0.233 e. The minimum absolute atomic E-state index is 0.104. The molecular formula is C7H16N2O. The topological polar surface area (TPSA) is 23.6 Å². The largest absolute Gasteiger partial charge is 0.276 e. The van der Waals surface area contributed by atoms with E-state index in [1.54, 1.807) is 11.9 Å². The number of hydrogen-bond acceptors (Lipinski definition) is 2. The van der Waals surface area contributed by atoms with E-state index in [1.165, 1.54) is 0 Å². The van der Waals surface area contributed by atoms with Crippen molar-refractivity contribution in [3.63, 3.8) is 0 Å². The zero-order valence-corrected chi connectivity index (χ0v) is 7.22. The second-order valence-electron chi connectivity index (χ2n) is 2.49. The van der Waals surface area contributed by atoms with Gasteiger partial charge in [-0.15, -0.1) is 0 Å². The number of carbonyl (C=O) groups is 1. The number of hydrogen-bond donors (Lipinski definition) is 0. The molecule has 0 unspecified atom stereocenters. The molecule has 0 aliphatic rings. The van der Waals surface area contributed by atoms with E-state index < -0.39 is 0 Å². The Hall–Kier alpha value is -0.570. The van der Waals surface area contributed by atoms with Crippen molar-refractivity contribution < 1.29 is 4.79 Å². The summed E-state index contributed by atoms with van der Waals surface area (Å²) in [6.45, 7) is 4.44. The Morgan fingerprint density at radius 2 is 1.90 bits per heavy atom. The quantitative estimate of drug-likeness (QED) is 0.545. The van der Waals surface area contributed by atoms with Gasteiger partial charge in [0.25, 0.3) is 0 Å². The van der Waals surface area contributed by atoms with Crippen molar-refractivity contribution in [3.8, 4) is 0 Å². The van der Waals surface area contributed by atoms with Gasteiger partial charge in [0.2, 0.25) is 5.91 Å². The molecule has 10 heavy (non-hydrogen) atoms. The summed E-state index contributed by atoms with van der Waals surface area (Å²) < 4.78 is 0. The van der Waals surface area contributed by atoms with Crippen LogP contribution in [-0.2, 0) is 4.79 Å². The Morgan fingerprint density at radius 3 is 2.00 bits per heavy atom. The molecule has 0 radical (unpaired) electrons. The Balaban J connectivity index is 3.85. The van der Waals surface area contributed by atoms with E-state index in [-0.39, 0.29) is 5.91 Å². The molecule has 3 nitrogen and oxygen atoms in total. The molecular weight excluding hydrogens is 128 g/mol. The average Bonchev–Trinajstić information content (AvgIpc) is 1.81. The van der Waals surface area contributed by atoms with Crippen LogP contribution in [0.1, 0.15) is 20.3 Å². The molecule has 0 saturated heterocycles. The second kappa shape index (κ2) is 4.28. The van der Waals surface area contributed by atoms with Gasteiger partial charge < -0.3 is 0 Å². The van der Waals surface area contributed by atoms with E-state index in [9.17, 15) is 4.79 Å². The highest BCUT2D eigenvalue weighted by molar-refractivity contribution is 5.72. The number of carbonyl (C=O) groups excluding carboxylic acids is 1. The standard InChI is InChI=1S/C7H16N2O/c1-5-6-9(7(2)10)8(3)4/h5-6H2,1-4H3. The first kappa shape index (κ1) is 9.43. The average molecular weight is 144 g/mol. The molecule has 0 rings (SSSR count). The van der Waals surface area contributed by atoms with Crippen LogP contribution < -0.4 is 0 Å². The fourth-order valence-corrected chi connectivity index (χ4v) is 0.851. The minimum atomic E-state index is 0.104. The van der Waals surface area contributed by atoms with Crippen LogP contribution in [-0.4, -0.2) is 36.6 Å². The van der Waals surface area contributed by atoms with Gasteiger partial charge in [-0.25, -0.2) is 5.01 Å². The first-order valence-corrected chi connectivity index (χ1v) is 3.55. The highest BCUT2D eigenvalue weighted by Gasteiger charge is 2.07. The third-order valence-corrected chi connectivity index (χ3v) is 1.28. The van der Waals surface area contributed by atoms with E-state index >= 15 is 0 Å². The van der Waals surface area contributed by atoms with Crippen LogP contribution in [0.2, 0.25) is 0 Å². The lowest BCUT2D eigenvalue weighted by atomic mass is 10.4. The third kappa shape index (κ3) is 2.82. The molecule has 0 aromatic carbocycles. The molecule has 1 amide bonds. The first-order valence-electron chi connectivity index (χ1n) is 3.55. The minimum Gasteiger partial charge on any atom is -0.276 e. The predicted molar refractivity (Wildman–Crippen MR) is 41.4 cm³/mol. The van der Waals surface area contributed by atoms with Crippen molar-refractivity contribution in [3.05, 3.63) is 0 Å². The van der Waals surface area contributed by atoms with Gasteiger partial charge in [0.15, 0.2) is 0 Å². The van der Waals surface area contributed by atoms with Gasteiger partial charge in [0, 0.05) is 27.6 Å². The Kier molecular flexibility index (Phi) is 4.03. The molecule has 0 aliphatic heterocycles. The summed E-state index contributed by atoms with van der Waals surface area (Å²) in [7, 11) is 3.74. The summed E-state index contributed by atoms with van der Waals surface area (Å²) >= 11 is 0. The van der Waals surface area contributed by atoms with Crippen LogP contribution in [0.4, 0.5) is 0 Å². The summed E-state index contributed by atoms with van der Waals surface area (Å²) in [5, 5.41) is 3.52. The van der Waals surface area contributed by atoms with Gasteiger partial charge in [-0.3, -0.25) is 9.80 Å². The van der Waals surface area contributed by atoms with E-state index in [2.05, 4.69) is 6.92 Å². The lowest BCUT2D eigenvalue weighted by Gasteiger charge is -2.26. The van der Waals surface area contributed by atoms with E-state index in [0.29, 0.717) is 0 Å². The molecule has 0 heterocycles. The van der Waals surface area contributed by atoms with Crippen LogP contribution >= 0.6 is 0 Å². The number of rotatable bonds is 3. The van der Waals surface area contributed by atoms with Crippen LogP contribution in [0, 0.1) is 0 Å². The zero-order valence-electron chi connectivity index (χ0n) is 7.22. The Morgan fingerprint density at radius 1 is 1.40 bits per heavy atom. The van der Waals surface area contributed by atoms with Gasteiger partial charge in [0.05, 0.1) is 0 Å². The molecule has 0 spiro atoms. The lowest BCUT2D eigenvalue weighted by Crippen LogP contribution is -2.40. The van der Waals surface area contributed by atoms with E-state index in [1.807, 2.05) is 19.1 Å². The van der Waals surface area contributed by atoms with E-state index in [4.69, 9.17) is 0 Å². The monoisotopic (exact) mass is 144 g/mol. The molecule has 0 N–H and O–H groups in total. The van der Waals surface area contributed by atoms with Crippen LogP contribution in [0.15, 0.2) is 0 Å². The van der Waals surface area contributed by atoms with Crippen molar-refractivity contribution >= 4 is 5.91 Å². The van der Waals surface area contributed by atoms with Gasteiger partial charge in [-0.1, -0.05) is 6.92 Å². The fourth-order valence-electron chi connectivity index (χ4n) is 0.851. The number of amides is 1. The summed E-state index contributed by atoms with van der Waals surface area (Å²) in [6, 6.07) is 0. The zero-order chi connectivity index (χ0) is 8.15. The Labute approximate surface area is 62.6 Å². The van der Waals surface area contributed by atoms with Crippen LogP contribution in [0.25, 0.3) is 0 Å². The second-order valence-corrected chi connectivity index (χ2v) is 2.49. The SMILES string of the molecule is CCCN(C(C)=O)N(C)C. The van der Waals surface area contributed by atoms with Gasteiger partial charge in [-0.2, -0.15) is 0 Å². The number of nitrogens with zero attached hydrogens (tertiary/aromatic N) is 2. The summed E-state index contributed by atoms with van der Waals surface area (Å²) in [4.78, 5) is 10.9. The van der Waals surface area contributed by atoms with Gasteiger partial charge >= 0.3 is 0 Å². The molecule has 3 heteroatoms. The highest BCUT2D eigenvalue weighted by Crippen LogP contribution is 1.93. The molecule has 0 saturated carbocycles. The predicted octanol–water partition coefficient (Wildman–Crippen LogP) is 0.722. The van der Waals surface area contributed by atoms with Crippen molar-refractivity contribution in [2.24, 2.45) is 0 Å². The molecule has 0 aromatic rings. The maximum absolute atomic E-state index is 10.9. The number of hydrazine groups is 1. The van der Waals surface area contributed by atoms with Crippen LogP contribution in [0.3, 0.4) is 0 Å². The van der Waals surface area contributed by atoms with Crippen LogP contribution in [0.5, 0.6) is 0 Å². The van der Waals surface area contributed by atoms with Gasteiger partial charge in [-0.05, 0) is 6.42 Å². The van der Waals surface area contributed by atoms with Crippen molar-refractivity contribution in [2.45, 2.75) is 20.3 Å². The van der Waals surface area contributed by atoms with E-state index in [0.717, 1.165) is 13.0 Å². The molecule has 60 valence electrons. The molecule has 0 fully saturated rings. The lowest BCUT2D eigenvalue weighted by molar-refractivity contribution is -0.142. The van der Waals surface area contributed by atoms with Gasteiger partial charge in [0.1, 0.15) is 0 Å². The van der Waals surface area contributed by atoms with Crippen molar-refractivity contribution in [2.75, 3.05) is 20.6 Å². The first-order chi connectivity index (χ1) is 4.59. The molecule has 0 bridgehead atoms. The molecule has 0 aromatic heterocycles. The fraction of sp³-hybridized carbons (Fsp3) is 0.857. The third-order valence-electron chi connectivity index (χ3n) is 1.28. The van der Waals surface area contributed by atoms with Crippen molar-refractivity contribution in [1.29, 1.82) is 0 Å². The normalized spacial score (nSPS) is 10.1. The summed E-state index contributed by atoms with van der Waals surface area (Å²) in [6.07, 6.45) is 0.998. The molecule has 0 aliphatic carbocycles. The van der Waals surface area contributed by atoms with Crippen molar-refractivity contribution in [1.82, 2.24) is 10.0 Å². The summed E-state index contributed by atoms with van der Waals surface area (Å²) in [5.41, 5.74) is 0. The summed E-state index contributed by atoms with van der Waals surface area (Å²) in [5.74, 6) is 0.104. The highest BCUT2D eigenvalue weighted by atomic mass is 16.2. The smallest absolute Gasteiger partial charge is 0.233 e. The Bertz CT molecular complexity index is 112. The molecule has 0 atom stereocenters.